The van der Waals surface area contributed by atoms with Crippen molar-refractivity contribution in [2.75, 3.05) is 0 Å². The first kappa shape index (κ1) is 23.1. The molecule has 0 bridgehead atoms. The van der Waals surface area contributed by atoms with Crippen LogP contribution in [0.5, 0.6) is 0 Å². The Hall–Kier alpha value is -4.29. The Morgan fingerprint density at radius 3 is 1.70 bits per heavy atom. The summed E-state index contributed by atoms with van der Waals surface area (Å²) >= 11 is 0. The second kappa shape index (κ2) is 8.11. The van der Waals surface area contributed by atoms with Crippen LogP contribution in [0.25, 0.3) is 21.9 Å². The van der Waals surface area contributed by atoms with Crippen molar-refractivity contribution < 1.29 is 19.6 Å². The number of hydrogen-bond acceptors (Lipinski definition) is 4. The van der Waals surface area contributed by atoms with Crippen LogP contribution in [0.4, 0.5) is 0 Å². The van der Waals surface area contributed by atoms with E-state index < -0.39 is 35.2 Å². The van der Waals surface area contributed by atoms with E-state index in [-0.39, 0.29) is 0 Å². The molecule has 1 aliphatic heterocycles. The molecule has 0 radical (unpaired) electrons. The third-order valence-corrected chi connectivity index (χ3v) is 7.39. The number of rotatable bonds is 3. The van der Waals surface area contributed by atoms with Crippen LogP contribution < -0.4 is 0 Å². The van der Waals surface area contributed by atoms with Gasteiger partial charge in [0.15, 0.2) is 0 Å². The predicted molar refractivity (Wildman–Crippen MR) is 140 cm³/mol. The van der Waals surface area contributed by atoms with Crippen molar-refractivity contribution in [2.45, 2.75) is 32.9 Å². The van der Waals surface area contributed by atoms with Crippen LogP contribution >= 0.6 is 0 Å². The summed E-state index contributed by atoms with van der Waals surface area (Å²) < 4.78 is 0. The Morgan fingerprint density at radius 1 is 0.757 bits per heavy atom. The molecule has 4 aromatic carbocycles. The first-order valence-corrected chi connectivity index (χ1v) is 12.3. The van der Waals surface area contributed by atoms with Crippen LogP contribution in [0, 0.1) is 5.41 Å². The average molecular weight is 491 g/mol. The predicted octanol–water partition coefficient (Wildman–Crippen LogP) is 5.84. The van der Waals surface area contributed by atoms with Crippen molar-refractivity contribution in [2.24, 2.45) is 5.41 Å². The third-order valence-electron chi connectivity index (χ3n) is 7.39. The van der Waals surface area contributed by atoms with Crippen molar-refractivity contribution in [1.82, 2.24) is 9.96 Å². The van der Waals surface area contributed by atoms with Gasteiger partial charge in [-0.1, -0.05) is 93.6 Å². The Balaban J connectivity index is 1.46. The van der Waals surface area contributed by atoms with E-state index in [1.54, 1.807) is 45.0 Å². The molecular weight excluding hydrogens is 464 g/mol. The second-order valence-electron chi connectivity index (χ2n) is 10.7. The molecule has 0 aromatic heterocycles. The van der Waals surface area contributed by atoms with E-state index >= 15 is 0 Å². The van der Waals surface area contributed by atoms with Crippen LogP contribution in [0.15, 0.2) is 84.9 Å². The summed E-state index contributed by atoms with van der Waals surface area (Å²) in [6.45, 7) is 5.38. The van der Waals surface area contributed by atoms with Crippen molar-refractivity contribution in [3.8, 4) is 11.1 Å². The van der Waals surface area contributed by atoms with E-state index in [1.165, 1.54) is 0 Å². The molecule has 3 amide bonds. The van der Waals surface area contributed by atoms with Crippen LogP contribution in [-0.4, -0.2) is 38.9 Å². The summed E-state index contributed by atoms with van der Waals surface area (Å²) in [5.74, 6) is -1.79. The first-order valence-electron chi connectivity index (χ1n) is 12.3. The van der Waals surface area contributed by atoms with Gasteiger partial charge < -0.3 is 0 Å². The summed E-state index contributed by atoms with van der Waals surface area (Å²) in [5, 5.41) is 13.6. The zero-order chi connectivity index (χ0) is 26.1. The topological polar surface area (TPSA) is 77.9 Å². The molecule has 0 fully saturated rings. The van der Waals surface area contributed by atoms with E-state index in [0.717, 1.165) is 32.5 Å². The summed E-state index contributed by atoms with van der Waals surface area (Å²) in [5.41, 5.74) is 3.34. The minimum atomic E-state index is -1.24. The van der Waals surface area contributed by atoms with E-state index in [2.05, 4.69) is 0 Å². The van der Waals surface area contributed by atoms with E-state index in [9.17, 15) is 19.6 Å². The van der Waals surface area contributed by atoms with Crippen LogP contribution in [0.1, 0.15) is 58.7 Å². The largest absolute Gasteiger partial charge is 0.285 e. The van der Waals surface area contributed by atoms with Crippen LogP contribution in [0.2, 0.25) is 0 Å². The molecular formula is C31H26N2O4. The molecule has 2 aliphatic rings. The Morgan fingerprint density at radius 2 is 1.22 bits per heavy atom. The van der Waals surface area contributed by atoms with Gasteiger partial charge in [0, 0.05) is 16.5 Å². The van der Waals surface area contributed by atoms with Gasteiger partial charge in [-0.05, 0) is 45.2 Å². The highest BCUT2D eigenvalue weighted by atomic mass is 16.5. The lowest BCUT2D eigenvalue weighted by Crippen LogP contribution is -2.59. The van der Waals surface area contributed by atoms with Crippen molar-refractivity contribution in [1.29, 1.82) is 0 Å². The molecule has 37 heavy (non-hydrogen) atoms. The van der Waals surface area contributed by atoms with Crippen molar-refractivity contribution in [3.05, 3.63) is 107 Å². The van der Waals surface area contributed by atoms with Gasteiger partial charge in [0.2, 0.25) is 0 Å². The van der Waals surface area contributed by atoms with E-state index in [4.69, 9.17) is 0 Å². The molecule has 6 nitrogen and oxygen atoms in total. The molecule has 1 atom stereocenters. The standard InChI is InChI=1S/C31H26N2O4/c1-31(2,3)27(32-28(34)23-16-8-10-18-11-9-17-24(25(18)23)29(32)35)30(36)33(37)26-21-14-6-4-12-19(21)20-13-5-7-15-22(20)26/h4-17,26-27,37H,1-3H3/t27-/m1/s1. The van der Waals surface area contributed by atoms with Gasteiger partial charge in [-0.2, -0.15) is 0 Å². The zero-order valence-corrected chi connectivity index (χ0v) is 20.8. The summed E-state index contributed by atoms with van der Waals surface area (Å²) in [7, 11) is 0. The number of nitrogens with zero attached hydrogens (tertiary/aromatic N) is 2. The number of fused-ring (bicyclic) bond motifs is 3. The van der Waals surface area contributed by atoms with Crippen molar-refractivity contribution in [3.63, 3.8) is 0 Å². The molecule has 1 N–H and O–H groups in total. The van der Waals surface area contributed by atoms with Gasteiger partial charge in [0.05, 0.1) is 0 Å². The lowest BCUT2D eigenvalue weighted by molar-refractivity contribution is -0.180. The van der Waals surface area contributed by atoms with Crippen LogP contribution in [0.3, 0.4) is 0 Å². The molecule has 1 heterocycles. The first-order chi connectivity index (χ1) is 17.7. The Bertz CT molecular complexity index is 1520. The van der Waals surface area contributed by atoms with E-state index in [1.807, 2.05) is 60.7 Å². The number of amides is 3. The van der Waals surface area contributed by atoms with Crippen molar-refractivity contribution >= 4 is 28.5 Å². The Kier molecular flexibility index (Phi) is 5.07. The lowest BCUT2D eigenvalue weighted by Gasteiger charge is -2.41. The highest BCUT2D eigenvalue weighted by Gasteiger charge is 2.49. The monoisotopic (exact) mass is 490 g/mol. The average Bonchev–Trinajstić information content (AvgIpc) is 3.22. The SMILES string of the molecule is CC(C)(C)[C@@H](C(=O)N(O)C1c2ccccc2-c2ccccc21)N1C(=O)c2cccc3cccc(c23)C1=O. The molecule has 0 saturated heterocycles. The summed E-state index contributed by atoms with van der Waals surface area (Å²) in [4.78, 5) is 42.8. The molecule has 0 spiro atoms. The van der Waals surface area contributed by atoms with Gasteiger partial charge in [0.1, 0.15) is 12.1 Å². The van der Waals surface area contributed by atoms with Gasteiger partial charge in [-0.15, -0.1) is 0 Å². The third kappa shape index (κ3) is 3.33. The normalized spacial score (nSPS) is 15.5. The van der Waals surface area contributed by atoms with Gasteiger partial charge >= 0.3 is 0 Å². The molecule has 0 unspecified atom stereocenters. The summed E-state index contributed by atoms with van der Waals surface area (Å²) in [6.07, 6.45) is 0. The minimum Gasteiger partial charge on any atom is -0.285 e. The molecule has 4 aromatic rings. The smallest absolute Gasteiger partial charge is 0.270 e. The van der Waals surface area contributed by atoms with Gasteiger partial charge in [-0.25, -0.2) is 5.06 Å². The number of benzene rings is 4. The maximum atomic E-state index is 14.2. The maximum Gasteiger partial charge on any atom is 0.270 e. The Labute approximate surface area is 214 Å². The molecule has 1 aliphatic carbocycles. The number of carbonyl (C=O) groups excluding carboxylic acids is 3. The number of hydroxylamine groups is 2. The molecule has 6 heteroatoms. The number of hydrogen-bond donors (Lipinski definition) is 1. The zero-order valence-electron chi connectivity index (χ0n) is 20.8. The second-order valence-corrected chi connectivity index (χ2v) is 10.7. The van der Waals surface area contributed by atoms with Gasteiger partial charge in [0.25, 0.3) is 17.7 Å². The number of imide groups is 1. The van der Waals surface area contributed by atoms with Crippen LogP contribution in [-0.2, 0) is 4.79 Å². The molecule has 6 rings (SSSR count). The van der Waals surface area contributed by atoms with E-state index in [0.29, 0.717) is 21.6 Å². The molecule has 184 valence electrons. The highest BCUT2D eigenvalue weighted by molar-refractivity contribution is 6.26. The van der Waals surface area contributed by atoms with Gasteiger partial charge in [-0.3, -0.25) is 24.5 Å². The highest BCUT2D eigenvalue weighted by Crippen LogP contribution is 2.46. The summed E-state index contributed by atoms with van der Waals surface area (Å²) in [6, 6.07) is 23.9. The quantitative estimate of drug-likeness (QED) is 0.222. The lowest BCUT2D eigenvalue weighted by atomic mass is 9.82. The maximum absolute atomic E-state index is 14.2. The fourth-order valence-corrected chi connectivity index (χ4v) is 5.80. The fraction of sp³-hybridized carbons (Fsp3) is 0.194. The fourth-order valence-electron chi connectivity index (χ4n) is 5.80. The molecule has 0 saturated carbocycles. The minimum absolute atomic E-state index is 0.371. The number of carbonyl (C=O) groups is 3.